The number of dihydropyridines is 1. The number of allylic oxidation sites excluding steroid dienone is 3. The number of phenolic OH excluding ortho intramolecular Hbond substituents is 1. The molecule has 0 spiro atoms. The summed E-state index contributed by atoms with van der Waals surface area (Å²) >= 11 is 1.65. The molecule has 2 heterocycles. The molecular formula is C23H23NO5S. The fourth-order valence-corrected chi connectivity index (χ4v) is 5.19. The number of methoxy groups -OCH3 is 2. The Bertz CT molecular complexity index is 1070. The van der Waals surface area contributed by atoms with Crippen molar-refractivity contribution in [2.75, 3.05) is 14.2 Å². The number of hydrogen-bond acceptors (Lipinski definition) is 7. The number of carbonyl (C=O) groups is 2. The monoisotopic (exact) mass is 425 g/mol. The standard InChI is InChI=1S/C23H23NO5S/c1-12-20(23(27)29-3)21(13-6-7-18(28-2)16(25)10-13)22-15(24-12)9-14(11-17(22)26)19-5-4-8-30-19/h4-8,10,14,21,24-25H,9,11H2,1-3H3/t14-,21+/m1/s1. The first-order chi connectivity index (χ1) is 14.4. The summed E-state index contributed by atoms with van der Waals surface area (Å²) in [5.74, 6) is -0.716. The van der Waals surface area contributed by atoms with Gasteiger partial charge in [0, 0.05) is 40.1 Å². The summed E-state index contributed by atoms with van der Waals surface area (Å²) in [7, 11) is 2.80. The van der Waals surface area contributed by atoms with Gasteiger partial charge in [-0.2, -0.15) is 0 Å². The molecule has 156 valence electrons. The van der Waals surface area contributed by atoms with Crippen molar-refractivity contribution in [2.45, 2.75) is 31.6 Å². The van der Waals surface area contributed by atoms with Gasteiger partial charge in [0.25, 0.3) is 0 Å². The van der Waals surface area contributed by atoms with E-state index in [1.54, 1.807) is 29.5 Å². The third-order valence-electron chi connectivity index (χ3n) is 5.71. The fourth-order valence-electron chi connectivity index (χ4n) is 4.36. The Hall–Kier alpha value is -3.06. The van der Waals surface area contributed by atoms with Crippen molar-refractivity contribution in [2.24, 2.45) is 0 Å². The number of thiophene rings is 1. The second-order valence-electron chi connectivity index (χ2n) is 7.46. The Balaban J connectivity index is 1.84. The van der Waals surface area contributed by atoms with Crippen LogP contribution in [0.2, 0.25) is 0 Å². The fraction of sp³-hybridized carbons (Fsp3) is 0.304. The first-order valence-electron chi connectivity index (χ1n) is 9.67. The molecule has 4 rings (SSSR count). The minimum Gasteiger partial charge on any atom is -0.504 e. The van der Waals surface area contributed by atoms with Gasteiger partial charge in [-0.05, 0) is 42.5 Å². The van der Waals surface area contributed by atoms with E-state index in [4.69, 9.17) is 9.47 Å². The first-order valence-corrected chi connectivity index (χ1v) is 10.5. The summed E-state index contributed by atoms with van der Waals surface area (Å²) in [5, 5.41) is 15.6. The van der Waals surface area contributed by atoms with Gasteiger partial charge in [-0.1, -0.05) is 12.1 Å². The highest BCUT2D eigenvalue weighted by Gasteiger charge is 2.41. The number of Topliss-reactive ketones (excluding diaryl/α,β-unsaturated/α-hetero) is 1. The highest BCUT2D eigenvalue weighted by atomic mass is 32.1. The van der Waals surface area contributed by atoms with Crippen LogP contribution in [-0.4, -0.2) is 31.1 Å². The van der Waals surface area contributed by atoms with Crippen LogP contribution < -0.4 is 10.1 Å². The maximum absolute atomic E-state index is 13.3. The van der Waals surface area contributed by atoms with E-state index < -0.39 is 11.9 Å². The lowest BCUT2D eigenvalue weighted by Gasteiger charge is -2.36. The molecule has 1 aliphatic heterocycles. The molecule has 0 fully saturated rings. The predicted octanol–water partition coefficient (Wildman–Crippen LogP) is 4.00. The molecule has 1 aromatic heterocycles. The number of rotatable bonds is 4. The highest BCUT2D eigenvalue weighted by molar-refractivity contribution is 7.10. The van der Waals surface area contributed by atoms with E-state index in [1.165, 1.54) is 19.1 Å². The molecule has 0 bridgehead atoms. The van der Waals surface area contributed by atoms with E-state index in [9.17, 15) is 14.7 Å². The number of carbonyl (C=O) groups excluding carboxylic acids is 2. The molecule has 1 aliphatic carbocycles. The molecule has 2 aliphatic rings. The summed E-state index contributed by atoms with van der Waals surface area (Å²) < 4.78 is 10.2. The Kier molecular flexibility index (Phi) is 5.39. The van der Waals surface area contributed by atoms with Crippen LogP contribution in [0.5, 0.6) is 11.5 Å². The molecule has 2 N–H and O–H groups in total. The maximum atomic E-state index is 13.3. The Morgan fingerprint density at radius 1 is 1.23 bits per heavy atom. The molecule has 0 amide bonds. The Labute approximate surface area is 178 Å². The highest BCUT2D eigenvalue weighted by Crippen LogP contribution is 2.47. The third kappa shape index (κ3) is 3.39. The number of aromatic hydroxyl groups is 1. The van der Waals surface area contributed by atoms with E-state index in [0.717, 1.165) is 5.70 Å². The molecule has 0 radical (unpaired) electrons. The van der Waals surface area contributed by atoms with Gasteiger partial charge in [-0.3, -0.25) is 4.79 Å². The lowest BCUT2D eigenvalue weighted by atomic mass is 9.72. The van der Waals surface area contributed by atoms with E-state index in [0.29, 0.717) is 41.0 Å². The van der Waals surface area contributed by atoms with Crippen LogP contribution in [0.25, 0.3) is 0 Å². The number of esters is 1. The lowest BCUT2D eigenvalue weighted by molar-refractivity contribution is -0.136. The average Bonchev–Trinajstić information content (AvgIpc) is 3.27. The minimum atomic E-state index is -0.609. The molecular weight excluding hydrogens is 402 g/mol. The van der Waals surface area contributed by atoms with Gasteiger partial charge in [-0.15, -0.1) is 11.3 Å². The zero-order valence-corrected chi connectivity index (χ0v) is 17.8. The van der Waals surface area contributed by atoms with Crippen molar-refractivity contribution in [1.82, 2.24) is 5.32 Å². The van der Waals surface area contributed by atoms with E-state index >= 15 is 0 Å². The van der Waals surface area contributed by atoms with Crippen LogP contribution in [0.1, 0.15) is 42.0 Å². The van der Waals surface area contributed by atoms with E-state index in [2.05, 4.69) is 11.4 Å². The van der Waals surface area contributed by atoms with E-state index in [-0.39, 0.29) is 17.5 Å². The van der Waals surface area contributed by atoms with Crippen molar-refractivity contribution in [3.63, 3.8) is 0 Å². The average molecular weight is 426 g/mol. The molecule has 7 heteroatoms. The number of phenols is 1. The van der Waals surface area contributed by atoms with Gasteiger partial charge in [0.15, 0.2) is 17.3 Å². The quantitative estimate of drug-likeness (QED) is 0.721. The van der Waals surface area contributed by atoms with Gasteiger partial charge < -0.3 is 19.9 Å². The second kappa shape index (κ2) is 7.99. The predicted molar refractivity (Wildman–Crippen MR) is 114 cm³/mol. The van der Waals surface area contributed by atoms with Gasteiger partial charge in [0.2, 0.25) is 0 Å². The molecule has 0 unspecified atom stereocenters. The van der Waals surface area contributed by atoms with Crippen LogP contribution in [0.15, 0.2) is 58.3 Å². The zero-order chi connectivity index (χ0) is 21.4. The molecule has 30 heavy (non-hydrogen) atoms. The summed E-state index contributed by atoms with van der Waals surface area (Å²) in [6.45, 7) is 1.81. The second-order valence-corrected chi connectivity index (χ2v) is 8.43. The van der Waals surface area contributed by atoms with E-state index in [1.807, 2.05) is 18.4 Å². The summed E-state index contributed by atoms with van der Waals surface area (Å²) in [6, 6.07) is 9.01. The van der Waals surface area contributed by atoms with Crippen LogP contribution in [0.4, 0.5) is 0 Å². The Morgan fingerprint density at radius 2 is 2.03 bits per heavy atom. The van der Waals surface area contributed by atoms with Crippen molar-refractivity contribution < 1.29 is 24.2 Å². The molecule has 0 saturated carbocycles. The first kappa shape index (κ1) is 20.2. The number of ether oxygens (including phenoxy) is 2. The topological polar surface area (TPSA) is 84.9 Å². The summed E-state index contributed by atoms with van der Waals surface area (Å²) in [4.78, 5) is 27.2. The van der Waals surface area contributed by atoms with Gasteiger partial charge >= 0.3 is 5.97 Å². The molecule has 2 aromatic rings. The van der Waals surface area contributed by atoms with Gasteiger partial charge in [-0.25, -0.2) is 4.79 Å². The van der Waals surface area contributed by atoms with Crippen molar-refractivity contribution in [3.8, 4) is 11.5 Å². The number of hydrogen-bond donors (Lipinski definition) is 2. The van der Waals surface area contributed by atoms with Crippen molar-refractivity contribution in [1.29, 1.82) is 0 Å². The lowest BCUT2D eigenvalue weighted by Crippen LogP contribution is -2.35. The Morgan fingerprint density at radius 3 is 2.67 bits per heavy atom. The summed E-state index contributed by atoms with van der Waals surface area (Å²) in [5.41, 5.74) is 3.07. The van der Waals surface area contributed by atoms with Crippen LogP contribution in [0.3, 0.4) is 0 Å². The van der Waals surface area contributed by atoms with Crippen molar-refractivity contribution >= 4 is 23.1 Å². The van der Waals surface area contributed by atoms with Crippen LogP contribution in [-0.2, 0) is 14.3 Å². The minimum absolute atomic E-state index is 0.00337. The number of nitrogens with one attached hydrogen (secondary N) is 1. The zero-order valence-electron chi connectivity index (χ0n) is 17.0. The maximum Gasteiger partial charge on any atom is 0.336 e. The SMILES string of the molecule is COC(=O)C1=C(C)NC2=C(C(=O)C[C@H](c3cccs3)C2)[C@H]1c1ccc(OC)c(O)c1. The van der Waals surface area contributed by atoms with Gasteiger partial charge in [0.1, 0.15) is 0 Å². The molecule has 1 aromatic carbocycles. The summed E-state index contributed by atoms with van der Waals surface area (Å²) in [6.07, 6.45) is 1.07. The normalized spacial score (nSPS) is 21.2. The molecule has 0 saturated heterocycles. The van der Waals surface area contributed by atoms with Gasteiger partial charge in [0.05, 0.1) is 19.8 Å². The van der Waals surface area contributed by atoms with Crippen LogP contribution in [0, 0.1) is 0 Å². The molecule has 6 nitrogen and oxygen atoms in total. The third-order valence-corrected chi connectivity index (χ3v) is 6.75. The largest absolute Gasteiger partial charge is 0.504 e. The smallest absolute Gasteiger partial charge is 0.336 e. The van der Waals surface area contributed by atoms with Crippen molar-refractivity contribution in [3.05, 3.63) is 68.7 Å². The van der Waals surface area contributed by atoms with Crippen LogP contribution >= 0.6 is 11.3 Å². The molecule has 2 atom stereocenters. The number of ketones is 1. The number of benzene rings is 1.